The van der Waals surface area contributed by atoms with Crippen LogP contribution in [0.1, 0.15) is 41.7 Å². The molecule has 1 amide bonds. The number of carbonyl (C=O) groups excluding carboxylic acids is 1. The van der Waals surface area contributed by atoms with E-state index in [9.17, 15) is 4.79 Å². The summed E-state index contributed by atoms with van der Waals surface area (Å²) in [5.41, 5.74) is 1.68. The maximum absolute atomic E-state index is 12.4. The summed E-state index contributed by atoms with van der Waals surface area (Å²) < 4.78 is 0.798. The van der Waals surface area contributed by atoms with Crippen molar-refractivity contribution in [3.63, 3.8) is 0 Å². The molecule has 110 valence electrons. The second kappa shape index (κ2) is 7.62. The van der Waals surface area contributed by atoms with Crippen molar-refractivity contribution in [2.75, 3.05) is 0 Å². The Kier molecular flexibility index (Phi) is 5.83. The van der Waals surface area contributed by atoms with Gasteiger partial charge in [-0.2, -0.15) is 0 Å². The van der Waals surface area contributed by atoms with Crippen LogP contribution < -0.4 is 5.32 Å². The van der Waals surface area contributed by atoms with Gasteiger partial charge in [0, 0.05) is 15.1 Å². The number of nitrogens with one attached hydrogen (secondary N) is 1. The third-order valence-electron chi connectivity index (χ3n) is 3.21. The molecule has 0 aromatic heterocycles. The highest BCUT2D eigenvalue weighted by molar-refractivity contribution is 9.10. The highest BCUT2D eigenvalue weighted by atomic mass is 79.9. The number of hydrogen-bond acceptors (Lipinski definition) is 1. The smallest absolute Gasteiger partial charge is 0.251 e. The first kappa shape index (κ1) is 16.1. The Labute approximate surface area is 138 Å². The minimum atomic E-state index is -0.111. The molecule has 0 saturated heterocycles. The van der Waals surface area contributed by atoms with Crippen molar-refractivity contribution in [2.45, 2.75) is 25.8 Å². The molecule has 0 heterocycles. The van der Waals surface area contributed by atoms with Crippen molar-refractivity contribution in [3.8, 4) is 0 Å². The van der Waals surface area contributed by atoms with Crippen molar-refractivity contribution in [3.05, 3.63) is 69.2 Å². The van der Waals surface area contributed by atoms with E-state index in [0.29, 0.717) is 10.6 Å². The molecule has 0 saturated carbocycles. The lowest BCUT2D eigenvalue weighted by molar-refractivity contribution is 0.0934. The molecule has 21 heavy (non-hydrogen) atoms. The molecule has 2 rings (SSSR count). The van der Waals surface area contributed by atoms with Gasteiger partial charge in [0.05, 0.1) is 6.04 Å². The van der Waals surface area contributed by atoms with E-state index in [-0.39, 0.29) is 11.9 Å². The quantitative estimate of drug-likeness (QED) is 0.757. The molecule has 2 aromatic carbocycles. The molecule has 4 heteroatoms. The number of halogens is 2. The van der Waals surface area contributed by atoms with Gasteiger partial charge in [-0.3, -0.25) is 4.79 Å². The summed E-state index contributed by atoms with van der Waals surface area (Å²) in [5.74, 6) is -0.111. The first-order chi connectivity index (χ1) is 10.1. The van der Waals surface area contributed by atoms with E-state index in [4.69, 9.17) is 11.6 Å². The van der Waals surface area contributed by atoms with Crippen LogP contribution in [0.3, 0.4) is 0 Å². The fourth-order valence-electron chi connectivity index (χ4n) is 2.22. The molecular formula is C17H17BrClNO. The lowest BCUT2D eigenvalue weighted by Crippen LogP contribution is -2.28. The monoisotopic (exact) mass is 365 g/mol. The Hall–Kier alpha value is -1.32. The molecular weight excluding hydrogens is 350 g/mol. The lowest BCUT2D eigenvalue weighted by Gasteiger charge is -2.19. The fourth-order valence-corrected chi connectivity index (χ4v) is 3.08. The standard InChI is InChI=1S/C17H17BrClNO/c1-2-6-16(12-7-4-3-5-8-12)20-17(21)13-9-14(18)11-15(19)10-13/h3-5,7-11,16H,2,6H2,1H3,(H,20,21). The predicted molar refractivity (Wildman–Crippen MR) is 90.7 cm³/mol. The van der Waals surface area contributed by atoms with Gasteiger partial charge in [-0.05, 0) is 30.2 Å². The van der Waals surface area contributed by atoms with Gasteiger partial charge in [-0.1, -0.05) is 71.2 Å². The zero-order valence-electron chi connectivity index (χ0n) is 11.8. The summed E-state index contributed by atoms with van der Waals surface area (Å²) in [4.78, 5) is 12.4. The molecule has 0 aliphatic carbocycles. The maximum atomic E-state index is 12.4. The number of hydrogen-bond donors (Lipinski definition) is 1. The first-order valence-electron chi connectivity index (χ1n) is 6.92. The number of carbonyl (C=O) groups is 1. The molecule has 0 aliphatic rings. The second-order valence-corrected chi connectivity index (χ2v) is 6.24. The van der Waals surface area contributed by atoms with Crippen LogP contribution in [0.5, 0.6) is 0 Å². The highest BCUT2D eigenvalue weighted by Crippen LogP contribution is 2.22. The number of amides is 1. The summed E-state index contributed by atoms with van der Waals surface area (Å²) in [5, 5.41) is 3.63. The van der Waals surface area contributed by atoms with Gasteiger partial charge >= 0.3 is 0 Å². The van der Waals surface area contributed by atoms with Gasteiger partial charge in [-0.15, -0.1) is 0 Å². The summed E-state index contributed by atoms with van der Waals surface area (Å²) in [6, 6.07) is 15.2. The molecule has 2 nitrogen and oxygen atoms in total. The molecule has 0 aliphatic heterocycles. The average Bonchev–Trinajstić information content (AvgIpc) is 2.46. The Morgan fingerprint density at radius 2 is 1.95 bits per heavy atom. The minimum absolute atomic E-state index is 0.0152. The van der Waals surface area contributed by atoms with Crippen LogP contribution in [0.2, 0.25) is 5.02 Å². The van der Waals surface area contributed by atoms with Gasteiger partial charge in [0.1, 0.15) is 0 Å². The summed E-state index contributed by atoms with van der Waals surface area (Å²) in [7, 11) is 0. The Balaban J connectivity index is 2.18. The largest absolute Gasteiger partial charge is 0.345 e. The first-order valence-corrected chi connectivity index (χ1v) is 8.09. The van der Waals surface area contributed by atoms with Gasteiger partial charge in [-0.25, -0.2) is 0 Å². The molecule has 1 unspecified atom stereocenters. The van der Waals surface area contributed by atoms with Gasteiger partial charge in [0.2, 0.25) is 0 Å². The van der Waals surface area contributed by atoms with Gasteiger partial charge < -0.3 is 5.32 Å². The highest BCUT2D eigenvalue weighted by Gasteiger charge is 2.15. The van der Waals surface area contributed by atoms with E-state index >= 15 is 0 Å². The average molecular weight is 367 g/mol. The second-order valence-electron chi connectivity index (χ2n) is 4.88. The van der Waals surface area contributed by atoms with Crippen molar-refractivity contribution in [2.24, 2.45) is 0 Å². The topological polar surface area (TPSA) is 29.1 Å². The third-order valence-corrected chi connectivity index (χ3v) is 3.89. The fraction of sp³-hybridized carbons (Fsp3) is 0.235. The van der Waals surface area contributed by atoms with E-state index in [1.807, 2.05) is 30.3 Å². The molecule has 0 radical (unpaired) electrons. The molecule has 0 fully saturated rings. The Bertz CT molecular complexity index is 595. The molecule has 0 spiro atoms. The van der Waals surface area contributed by atoms with Crippen molar-refractivity contribution >= 4 is 33.4 Å². The van der Waals surface area contributed by atoms with E-state index < -0.39 is 0 Å². The summed E-state index contributed by atoms with van der Waals surface area (Å²) in [6.07, 6.45) is 1.90. The van der Waals surface area contributed by atoms with Crippen LogP contribution in [-0.4, -0.2) is 5.91 Å². The van der Waals surface area contributed by atoms with Gasteiger partial charge in [0.15, 0.2) is 0 Å². The van der Waals surface area contributed by atoms with Crippen LogP contribution >= 0.6 is 27.5 Å². The zero-order valence-corrected chi connectivity index (χ0v) is 14.1. The molecule has 2 aromatic rings. The molecule has 0 bridgehead atoms. The third kappa shape index (κ3) is 4.58. The van der Waals surface area contributed by atoms with E-state index in [1.165, 1.54) is 0 Å². The van der Waals surface area contributed by atoms with Crippen molar-refractivity contribution in [1.82, 2.24) is 5.32 Å². The van der Waals surface area contributed by atoms with Crippen LogP contribution in [0.4, 0.5) is 0 Å². The lowest BCUT2D eigenvalue weighted by atomic mass is 10.0. The Morgan fingerprint density at radius 3 is 2.57 bits per heavy atom. The maximum Gasteiger partial charge on any atom is 0.251 e. The van der Waals surface area contributed by atoms with Crippen LogP contribution in [-0.2, 0) is 0 Å². The minimum Gasteiger partial charge on any atom is -0.345 e. The SMILES string of the molecule is CCCC(NC(=O)c1cc(Cl)cc(Br)c1)c1ccccc1. The van der Waals surface area contributed by atoms with Crippen LogP contribution in [0.15, 0.2) is 53.0 Å². The predicted octanol–water partition coefficient (Wildman–Crippen LogP) is 5.37. The summed E-state index contributed by atoms with van der Waals surface area (Å²) >= 11 is 9.36. The number of rotatable bonds is 5. The number of benzene rings is 2. The molecule has 1 atom stereocenters. The molecule has 1 N–H and O–H groups in total. The van der Waals surface area contributed by atoms with Crippen molar-refractivity contribution in [1.29, 1.82) is 0 Å². The normalized spacial score (nSPS) is 12.0. The van der Waals surface area contributed by atoms with Crippen LogP contribution in [0.25, 0.3) is 0 Å². The summed E-state index contributed by atoms with van der Waals surface area (Å²) in [6.45, 7) is 2.11. The zero-order chi connectivity index (χ0) is 15.2. The van der Waals surface area contributed by atoms with Crippen molar-refractivity contribution < 1.29 is 4.79 Å². The Morgan fingerprint density at radius 1 is 1.24 bits per heavy atom. The van der Waals surface area contributed by atoms with E-state index in [1.54, 1.807) is 18.2 Å². The van der Waals surface area contributed by atoms with E-state index in [0.717, 1.165) is 22.9 Å². The van der Waals surface area contributed by atoms with Gasteiger partial charge in [0.25, 0.3) is 5.91 Å². The van der Waals surface area contributed by atoms with E-state index in [2.05, 4.69) is 28.2 Å². The van der Waals surface area contributed by atoms with Crippen LogP contribution in [0, 0.1) is 0 Å².